The van der Waals surface area contributed by atoms with Crippen LogP contribution in [0.1, 0.15) is 31.7 Å². The third kappa shape index (κ3) is 4.80. The van der Waals surface area contributed by atoms with E-state index in [-0.39, 0.29) is 5.82 Å². The molecule has 1 saturated carbocycles. The Morgan fingerprint density at radius 2 is 2.11 bits per heavy atom. The first-order valence-electron chi connectivity index (χ1n) is 7.02. The molecule has 1 N–H and O–H groups in total. The van der Waals surface area contributed by atoms with Gasteiger partial charge < -0.3 is 14.8 Å². The average Bonchev–Trinajstić information content (AvgIpc) is 3.22. The molecule has 106 valence electrons. The zero-order valence-corrected chi connectivity index (χ0v) is 11.5. The minimum atomic E-state index is -0.300. The largest absolute Gasteiger partial charge is 0.488 e. The maximum atomic E-state index is 13.8. The van der Waals surface area contributed by atoms with Gasteiger partial charge in [-0.15, -0.1) is 0 Å². The molecule has 0 unspecified atom stereocenters. The van der Waals surface area contributed by atoms with Crippen molar-refractivity contribution in [2.24, 2.45) is 0 Å². The van der Waals surface area contributed by atoms with Crippen LogP contribution in [0.2, 0.25) is 0 Å². The van der Waals surface area contributed by atoms with Crippen molar-refractivity contribution in [3.05, 3.63) is 29.6 Å². The Balaban J connectivity index is 1.84. The molecule has 0 heterocycles. The second-order valence-electron chi connectivity index (χ2n) is 4.84. The molecule has 1 aliphatic rings. The van der Waals surface area contributed by atoms with E-state index in [4.69, 9.17) is 9.47 Å². The molecule has 0 atom stereocenters. The molecule has 1 aliphatic carbocycles. The number of benzene rings is 1. The fraction of sp³-hybridized carbons (Fsp3) is 0.600. The number of ether oxygens (including phenoxy) is 2. The predicted octanol–water partition coefficient (Wildman–Crippen LogP) is 2.88. The van der Waals surface area contributed by atoms with Crippen LogP contribution in [0.15, 0.2) is 18.2 Å². The molecule has 2 rings (SSSR count). The van der Waals surface area contributed by atoms with Gasteiger partial charge in [-0.25, -0.2) is 4.39 Å². The van der Waals surface area contributed by atoms with E-state index >= 15 is 0 Å². The summed E-state index contributed by atoms with van der Waals surface area (Å²) >= 11 is 0. The summed E-state index contributed by atoms with van der Waals surface area (Å²) in [4.78, 5) is 0. The van der Waals surface area contributed by atoms with Crippen molar-refractivity contribution in [3.8, 4) is 5.75 Å². The summed E-state index contributed by atoms with van der Waals surface area (Å²) in [6, 6.07) is 5.66. The lowest BCUT2D eigenvalue weighted by Crippen LogP contribution is -2.17. The van der Waals surface area contributed by atoms with Gasteiger partial charge in [0.05, 0.1) is 6.61 Å². The summed E-state index contributed by atoms with van der Waals surface area (Å²) in [5, 5.41) is 3.37. The lowest BCUT2D eigenvalue weighted by Gasteiger charge is -2.13. The second kappa shape index (κ2) is 7.46. The zero-order valence-electron chi connectivity index (χ0n) is 11.5. The lowest BCUT2D eigenvalue weighted by atomic mass is 10.2. The van der Waals surface area contributed by atoms with E-state index in [9.17, 15) is 4.39 Å². The molecule has 19 heavy (non-hydrogen) atoms. The minimum Gasteiger partial charge on any atom is -0.488 e. The highest BCUT2D eigenvalue weighted by Crippen LogP contribution is 2.25. The molecule has 0 aromatic heterocycles. The van der Waals surface area contributed by atoms with E-state index in [1.165, 1.54) is 18.9 Å². The maximum absolute atomic E-state index is 13.8. The normalized spacial score (nSPS) is 14.6. The third-order valence-corrected chi connectivity index (χ3v) is 3.03. The molecule has 4 heteroatoms. The summed E-state index contributed by atoms with van der Waals surface area (Å²) in [6.45, 7) is 4.32. The van der Waals surface area contributed by atoms with Gasteiger partial charge in [0.15, 0.2) is 11.6 Å². The van der Waals surface area contributed by atoms with Crippen molar-refractivity contribution in [2.45, 2.75) is 38.8 Å². The summed E-state index contributed by atoms with van der Waals surface area (Å²) < 4.78 is 24.6. The first-order chi connectivity index (χ1) is 9.31. The van der Waals surface area contributed by atoms with Crippen LogP contribution in [0.4, 0.5) is 4.39 Å². The molecule has 0 spiro atoms. The Morgan fingerprint density at radius 3 is 2.84 bits per heavy atom. The highest BCUT2D eigenvalue weighted by Gasteiger charge is 2.21. The number of hydrogen-bond acceptors (Lipinski definition) is 3. The van der Waals surface area contributed by atoms with E-state index in [2.05, 4.69) is 12.2 Å². The van der Waals surface area contributed by atoms with Gasteiger partial charge in [0, 0.05) is 24.8 Å². The van der Waals surface area contributed by atoms with Crippen LogP contribution in [0.3, 0.4) is 0 Å². The predicted molar refractivity (Wildman–Crippen MR) is 72.9 cm³/mol. The van der Waals surface area contributed by atoms with Crippen LogP contribution in [-0.4, -0.2) is 25.9 Å². The van der Waals surface area contributed by atoms with Crippen molar-refractivity contribution >= 4 is 0 Å². The highest BCUT2D eigenvalue weighted by atomic mass is 19.1. The number of rotatable bonds is 9. The molecule has 3 nitrogen and oxygen atoms in total. The quantitative estimate of drug-likeness (QED) is 0.698. The van der Waals surface area contributed by atoms with Crippen molar-refractivity contribution < 1.29 is 13.9 Å². The molecule has 0 bridgehead atoms. The van der Waals surface area contributed by atoms with Crippen LogP contribution in [-0.2, 0) is 11.3 Å². The maximum Gasteiger partial charge on any atom is 0.165 e. The van der Waals surface area contributed by atoms with Gasteiger partial charge >= 0.3 is 0 Å². The fourth-order valence-electron chi connectivity index (χ4n) is 1.85. The monoisotopic (exact) mass is 267 g/mol. The molecular formula is C15H22FNO2. The summed E-state index contributed by atoms with van der Waals surface area (Å²) in [7, 11) is 0. The van der Waals surface area contributed by atoms with E-state index in [0.29, 0.717) is 31.5 Å². The number of nitrogens with one attached hydrogen (secondary N) is 1. The van der Waals surface area contributed by atoms with Crippen molar-refractivity contribution in [1.29, 1.82) is 0 Å². The summed E-state index contributed by atoms with van der Waals surface area (Å²) in [5.41, 5.74) is 0.877. The first-order valence-corrected chi connectivity index (χ1v) is 7.02. The van der Waals surface area contributed by atoms with Crippen LogP contribution in [0, 0.1) is 5.82 Å². The van der Waals surface area contributed by atoms with Crippen LogP contribution < -0.4 is 10.1 Å². The molecular weight excluding hydrogens is 245 g/mol. The summed E-state index contributed by atoms with van der Waals surface area (Å²) in [5.74, 6) is 0.0568. The Morgan fingerprint density at radius 1 is 1.26 bits per heavy atom. The molecule has 0 saturated heterocycles. The number of hydrogen-bond donors (Lipinski definition) is 1. The average molecular weight is 267 g/mol. The molecule has 0 aliphatic heterocycles. The molecule has 0 amide bonds. The Bertz CT molecular complexity index is 394. The third-order valence-electron chi connectivity index (χ3n) is 3.03. The van der Waals surface area contributed by atoms with Gasteiger partial charge in [-0.2, -0.15) is 0 Å². The van der Waals surface area contributed by atoms with Crippen LogP contribution in [0.25, 0.3) is 0 Å². The van der Waals surface area contributed by atoms with Gasteiger partial charge in [0.25, 0.3) is 0 Å². The van der Waals surface area contributed by atoms with Gasteiger partial charge in [-0.1, -0.05) is 19.1 Å². The fourth-order valence-corrected chi connectivity index (χ4v) is 1.85. The number of para-hydroxylation sites is 1. The van der Waals surface area contributed by atoms with E-state index in [0.717, 1.165) is 18.6 Å². The van der Waals surface area contributed by atoms with Gasteiger partial charge in [0.1, 0.15) is 6.61 Å². The Kier molecular flexibility index (Phi) is 5.61. The zero-order chi connectivity index (χ0) is 13.5. The van der Waals surface area contributed by atoms with Crippen LogP contribution in [0.5, 0.6) is 5.75 Å². The number of halogens is 1. The molecule has 1 fully saturated rings. The van der Waals surface area contributed by atoms with E-state index in [1.54, 1.807) is 6.07 Å². The van der Waals surface area contributed by atoms with Gasteiger partial charge in [-0.05, 0) is 25.3 Å². The standard InChI is InChI=1S/C15H22FNO2/c1-2-8-18-9-10-19-15-12(4-3-5-14(15)16)11-17-13-6-7-13/h3-5,13,17H,2,6-11H2,1H3. The molecule has 1 aromatic rings. The van der Waals surface area contributed by atoms with E-state index in [1.807, 2.05) is 6.07 Å². The smallest absolute Gasteiger partial charge is 0.165 e. The van der Waals surface area contributed by atoms with Crippen molar-refractivity contribution in [3.63, 3.8) is 0 Å². The van der Waals surface area contributed by atoms with Crippen molar-refractivity contribution in [1.82, 2.24) is 5.32 Å². The SMILES string of the molecule is CCCOCCOc1c(F)cccc1CNC1CC1. The Hall–Kier alpha value is -1.13. The Labute approximate surface area is 114 Å². The molecule has 1 aromatic carbocycles. The van der Waals surface area contributed by atoms with Gasteiger partial charge in [0.2, 0.25) is 0 Å². The highest BCUT2D eigenvalue weighted by molar-refractivity contribution is 5.35. The van der Waals surface area contributed by atoms with E-state index < -0.39 is 0 Å². The molecule has 0 radical (unpaired) electrons. The summed E-state index contributed by atoms with van der Waals surface area (Å²) in [6.07, 6.45) is 3.42. The van der Waals surface area contributed by atoms with Crippen molar-refractivity contribution in [2.75, 3.05) is 19.8 Å². The van der Waals surface area contributed by atoms with Gasteiger partial charge in [-0.3, -0.25) is 0 Å². The lowest BCUT2D eigenvalue weighted by molar-refractivity contribution is 0.0987. The van der Waals surface area contributed by atoms with Crippen LogP contribution >= 0.6 is 0 Å². The first kappa shape index (κ1) is 14.3. The topological polar surface area (TPSA) is 30.5 Å². The minimum absolute atomic E-state index is 0.300. The second-order valence-corrected chi connectivity index (χ2v) is 4.84.